The second-order valence-electron chi connectivity index (χ2n) is 8.90. The van der Waals surface area contributed by atoms with Gasteiger partial charge in [0, 0.05) is 32.3 Å². The summed E-state index contributed by atoms with van der Waals surface area (Å²) in [4.78, 5) is 9.05. The molecular weight excluding hydrogens is 460 g/mol. The van der Waals surface area contributed by atoms with E-state index in [4.69, 9.17) is 9.15 Å². The van der Waals surface area contributed by atoms with Gasteiger partial charge in [-0.3, -0.25) is 4.90 Å². The van der Waals surface area contributed by atoms with E-state index < -0.39 is 0 Å². The lowest BCUT2D eigenvalue weighted by Crippen LogP contribution is -2.48. The van der Waals surface area contributed by atoms with Crippen molar-refractivity contribution in [3.8, 4) is 11.8 Å². The van der Waals surface area contributed by atoms with Crippen LogP contribution in [0.15, 0.2) is 89.3 Å². The Morgan fingerprint density at radius 1 is 0.892 bits per heavy atom. The number of benzene rings is 3. The first kappa shape index (κ1) is 24.4. The Morgan fingerprint density at radius 2 is 1.51 bits per heavy atom. The largest absolute Gasteiger partial charge is 0.494 e. The lowest BCUT2D eigenvalue weighted by Gasteiger charge is -2.39. The topological polar surface area (TPSA) is 65.5 Å². The minimum absolute atomic E-state index is 0.183. The average Bonchev–Trinajstić information content (AvgIpc) is 3.38. The molecule has 1 fully saturated rings. The molecule has 4 aromatic rings. The third-order valence-electron chi connectivity index (χ3n) is 6.54. The molecule has 2 heterocycles. The zero-order chi connectivity index (χ0) is 25.5. The van der Waals surface area contributed by atoms with Crippen LogP contribution in [-0.4, -0.2) is 42.7 Å². The van der Waals surface area contributed by atoms with Crippen molar-refractivity contribution in [1.82, 2.24) is 9.88 Å². The van der Waals surface area contributed by atoms with Crippen LogP contribution in [0.4, 0.5) is 5.88 Å². The number of nitriles is 1. The number of hydrogen-bond acceptors (Lipinski definition) is 6. The third-order valence-corrected chi connectivity index (χ3v) is 6.54. The Morgan fingerprint density at radius 3 is 2.08 bits per heavy atom. The van der Waals surface area contributed by atoms with Gasteiger partial charge in [-0.05, 0) is 41.8 Å². The highest BCUT2D eigenvalue weighted by atomic mass is 16.5. The second kappa shape index (κ2) is 11.6. The summed E-state index contributed by atoms with van der Waals surface area (Å²) in [5.41, 5.74) is 3.88. The molecule has 0 unspecified atom stereocenters. The highest BCUT2D eigenvalue weighted by Crippen LogP contribution is 2.31. The molecule has 6 heteroatoms. The standard InChI is InChI=1S/C31H30N4O2/c1-2-36-27-16-13-24(14-17-27)15-18-29-33-28(23-32)31(37-29)35-21-19-34(20-22-35)30(25-9-5-3-6-10-25)26-11-7-4-8-12-26/h3-18,30H,2,19-22H2,1H3. The van der Waals surface area contributed by atoms with Gasteiger partial charge >= 0.3 is 0 Å². The first-order chi connectivity index (χ1) is 18.2. The fourth-order valence-electron chi connectivity index (χ4n) is 4.76. The van der Waals surface area contributed by atoms with Crippen molar-refractivity contribution in [3.05, 3.63) is 113 Å². The van der Waals surface area contributed by atoms with Crippen LogP contribution in [0.25, 0.3) is 12.2 Å². The van der Waals surface area contributed by atoms with Crippen molar-refractivity contribution in [3.63, 3.8) is 0 Å². The summed E-state index contributed by atoms with van der Waals surface area (Å²) in [6.07, 6.45) is 3.73. The number of hydrogen-bond donors (Lipinski definition) is 0. The van der Waals surface area contributed by atoms with Gasteiger partial charge in [-0.25, -0.2) is 0 Å². The van der Waals surface area contributed by atoms with Crippen molar-refractivity contribution in [1.29, 1.82) is 5.26 Å². The monoisotopic (exact) mass is 490 g/mol. The summed E-state index contributed by atoms with van der Waals surface area (Å²) < 4.78 is 11.6. The maximum atomic E-state index is 9.72. The number of oxazole rings is 1. The number of piperazine rings is 1. The van der Waals surface area contributed by atoms with Crippen LogP contribution in [0.5, 0.6) is 5.75 Å². The predicted molar refractivity (Wildman–Crippen MR) is 146 cm³/mol. The Kier molecular flexibility index (Phi) is 7.63. The maximum Gasteiger partial charge on any atom is 0.235 e. The number of anilines is 1. The van der Waals surface area contributed by atoms with E-state index in [9.17, 15) is 5.26 Å². The zero-order valence-electron chi connectivity index (χ0n) is 21.0. The predicted octanol–water partition coefficient (Wildman–Crippen LogP) is 6.03. The zero-order valence-corrected chi connectivity index (χ0v) is 21.0. The van der Waals surface area contributed by atoms with E-state index >= 15 is 0 Å². The Labute approximate surface area is 218 Å². The first-order valence-corrected chi connectivity index (χ1v) is 12.7. The molecule has 1 aromatic heterocycles. The molecule has 186 valence electrons. The number of aromatic nitrogens is 1. The lowest BCUT2D eigenvalue weighted by atomic mass is 9.96. The number of nitrogens with zero attached hydrogens (tertiary/aromatic N) is 4. The van der Waals surface area contributed by atoms with Gasteiger partial charge in [0.05, 0.1) is 12.6 Å². The molecule has 6 nitrogen and oxygen atoms in total. The normalized spacial score (nSPS) is 14.2. The van der Waals surface area contributed by atoms with Crippen LogP contribution in [0, 0.1) is 11.3 Å². The number of ether oxygens (including phenoxy) is 1. The Hall–Kier alpha value is -4.34. The van der Waals surface area contributed by atoms with Crippen LogP contribution in [-0.2, 0) is 0 Å². The average molecular weight is 491 g/mol. The number of rotatable bonds is 8. The molecule has 0 spiro atoms. The molecule has 5 rings (SSSR count). The Balaban J connectivity index is 1.29. The molecule has 0 saturated carbocycles. The molecular formula is C31H30N4O2. The van der Waals surface area contributed by atoms with Crippen LogP contribution < -0.4 is 9.64 Å². The molecule has 1 saturated heterocycles. The molecule has 0 atom stereocenters. The van der Waals surface area contributed by atoms with Crippen LogP contribution in [0.2, 0.25) is 0 Å². The molecule has 1 aliphatic rings. The van der Waals surface area contributed by atoms with Gasteiger partial charge in [-0.15, -0.1) is 0 Å². The lowest BCUT2D eigenvalue weighted by molar-refractivity contribution is 0.209. The van der Waals surface area contributed by atoms with Crippen molar-refractivity contribution in [2.75, 3.05) is 37.7 Å². The van der Waals surface area contributed by atoms with E-state index in [0.29, 0.717) is 24.1 Å². The minimum Gasteiger partial charge on any atom is -0.494 e. The van der Waals surface area contributed by atoms with Crippen LogP contribution >= 0.6 is 0 Å². The van der Waals surface area contributed by atoms with E-state index in [2.05, 4.69) is 81.5 Å². The van der Waals surface area contributed by atoms with Gasteiger partial charge in [-0.2, -0.15) is 10.2 Å². The van der Waals surface area contributed by atoms with Gasteiger partial charge in [0.15, 0.2) is 0 Å². The van der Waals surface area contributed by atoms with Gasteiger partial charge in [0.25, 0.3) is 0 Å². The molecule has 37 heavy (non-hydrogen) atoms. The maximum absolute atomic E-state index is 9.72. The molecule has 0 amide bonds. The summed E-state index contributed by atoms with van der Waals surface area (Å²) in [6, 6.07) is 31.5. The van der Waals surface area contributed by atoms with Gasteiger partial charge in [0.2, 0.25) is 17.5 Å². The van der Waals surface area contributed by atoms with Crippen molar-refractivity contribution >= 4 is 18.0 Å². The molecule has 3 aromatic carbocycles. The molecule has 1 aliphatic heterocycles. The quantitative estimate of drug-likeness (QED) is 0.301. The van der Waals surface area contributed by atoms with Crippen LogP contribution in [0.1, 0.15) is 41.2 Å². The highest BCUT2D eigenvalue weighted by molar-refractivity contribution is 5.67. The summed E-state index contributed by atoms with van der Waals surface area (Å²) in [6.45, 7) is 5.79. The van der Waals surface area contributed by atoms with Crippen molar-refractivity contribution < 1.29 is 9.15 Å². The molecule has 0 aliphatic carbocycles. The minimum atomic E-state index is 0.183. The summed E-state index contributed by atoms with van der Waals surface area (Å²) in [5.74, 6) is 1.81. The van der Waals surface area contributed by atoms with Gasteiger partial charge in [-0.1, -0.05) is 72.8 Å². The fraction of sp³-hybridized carbons (Fsp3) is 0.226. The SMILES string of the molecule is CCOc1ccc(C=Cc2nc(C#N)c(N3CCN(C(c4ccccc4)c4ccccc4)CC3)o2)cc1. The first-order valence-electron chi connectivity index (χ1n) is 12.7. The van der Waals surface area contributed by atoms with E-state index in [1.807, 2.05) is 37.3 Å². The summed E-state index contributed by atoms with van der Waals surface area (Å²) in [7, 11) is 0. The summed E-state index contributed by atoms with van der Waals surface area (Å²) >= 11 is 0. The Bertz CT molecular complexity index is 1310. The van der Waals surface area contributed by atoms with E-state index in [-0.39, 0.29) is 6.04 Å². The summed E-state index contributed by atoms with van der Waals surface area (Å²) in [5, 5.41) is 9.72. The van der Waals surface area contributed by atoms with Gasteiger partial charge < -0.3 is 14.1 Å². The van der Waals surface area contributed by atoms with Crippen LogP contribution in [0.3, 0.4) is 0 Å². The molecule has 0 N–H and O–H groups in total. The van der Waals surface area contributed by atoms with E-state index in [1.54, 1.807) is 6.08 Å². The highest BCUT2D eigenvalue weighted by Gasteiger charge is 2.29. The third kappa shape index (κ3) is 5.74. The van der Waals surface area contributed by atoms with E-state index in [0.717, 1.165) is 37.5 Å². The fourth-order valence-corrected chi connectivity index (χ4v) is 4.76. The molecule has 0 bridgehead atoms. The smallest absolute Gasteiger partial charge is 0.235 e. The van der Waals surface area contributed by atoms with Crippen molar-refractivity contribution in [2.45, 2.75) is 13.0 Å². The van der Waals surface area contributed by atoms with Crippen molar-refractivity contribution in [2.24, 2.45) is 0 Å². The van der Waals surface area contributed by atoms with Gasteiger partial charge in [0.1, 0.15) is 11.8 Å². The molecule has 0 radical (unpaired) electrons. The second-order valence-corrected chi connectivity index (χ2v) is 8.90. The van der Waals surface area contributed by atoms with E-state index in [1.165, 1.54) is 11.1 Å².